The second kappa shape index (κ2) is 3.87. The van der Waals surface area contributed by atoms with E-state index in [9.17, 15) is 10.2 Å². The zero-order chi connectivity index (χ0) is 11.2. The van der Waals surface area contributed by atoms with E-state index in [0.717, 1.165) is 50.4 Å². The molecule has 3 nitrogen and oxygen atoms in total. The van der Waals surface area contributed by atoms with Crippen molar-refractivity contribution >= 4 is 11.8 Å². The quantitative estimate of drug-likeness (QED) is 0.744. The van der Waals surface area contributed by atoms with Gasteiger partial charge in [-0.3, -0.25) is 0 Å². The molecule has 4 rings (SSSR count). The number of aliphatic hydroxyl groups is 2. The normalized spacial score (nSPS) is 52.1. The highest BCUT2D eigenvalue weighted by molar-refractivity contribution is 7.99. The van der Waals surface area contributed by atoms with Gasteiger partial charge in [0.15, 0.2) is 0 Å². The molecule has 0 aliphatic carbocycles. The van der Waals surface area contributed by atoms with Gasteiger partial charge in [0.2, 0.25) is 0 Å². The van der Waals surface area contributed by atoms with Gasteiger partial charge < -0.3 is 15.1 Å². The number of thioether (sulfide) groups is 1. The Morgan fingerprint density at radius 3 is 2.50 bits per heavy atom. The van der Waals surface area contributed by atoms with Crippen molar-refractivity contribution in [2.45, 2.75) is 24.9 Å². The van der Waals surface area contributed by atoms with Gasteiger partial charge in [0.25, 0.3) is 0 Å². The maximum absolute atomic E-state index is 11.1. The molecule has 4 aliphatic rings. The lowest BCUT2D eigenvalue weighted by Crippen LogP contribution is -2.67. The van der Waals surface area contributed by atoms with Crippen molar-refractivity contribution in [1.29, 1.82) is 0 Å². The van der Waals surface area contributed by atoms with E-state index in [-0.39, 0.29) is 12.0 Å². The van der Waals surface area contributed by atoms with Crippen molar-refractivity contribution < 1.29 is 10.2 Å². The fourth-order valence-electron chi connectivity index (χ4n) is 3.85. The fraction of sp³-hybridized carbons (Fsp3) is 1.00. The van der Waals surface area contributed by atoms with Crippen LogP contribution in [0.1, 0.15) is 19.3 Å². The Morgan fingerprint density at radius 1 is 1.31 bits per heavy atom. The highest BCUT2D eigenvalue weighted by atomic mass is 32.2. The summed E-state index contributed by atoms with van der Waals surface area (Å²) in [5.74, 6) is 2.45. The Kier molecular flexibility index (Phi) is 2.74. The summed E-state index contributed by atoms with van der Waals surface area (Å²) in [5.41, 5.74) is -0.844. The average Bonchev–Trinajstić information content (AvgIpc) is 2.80. The number of aliphatic hydroxyl groups excluding tert-OH is 1. The molecule has 4 heteroatoms. The molecule has 0 amide bonds. The Hall–Kier alpha value is 0.230. The van der Waals surface area contributed by atoms with Crippen LogP contribution in [0, 0.1) is 11.3 Å². The van der Waals surface area contributed by atoms with Gasteiger partial charge >= 0.3 is 0 Å². The van der Waals surface area contributed by atoms with Crippen LogP contribution in [0.25, 0.3) is 0 Å². The summed E-state index contributed by atoms with van der Waals surface area (Å²) >= 11 is 1.89. The summed E-state index contributed by atoms with van der Waals surface area (Å²) in [4.78, 5) is 2.38. The lowest BCUT2D eigenvalue weighted by Gasteiger charge is -2.57. The Morgan fingerprint density at radius 2 is 2.06 bits per heavy atom. The van der Waals surface area contributed by atoms with Gasteiger partial charge in [0.1, 0.15) is 0 Å². The predicted octanol–water partition coefficient (Wildman–Crippen LogP) is 0.559. The van der Waals surface area contributed by atoms with E-state index in [0.29, 0.717) is 5.92 Å². The molecule has 92 valence electrons. The number of nitrogens with zero attached hydrogens (tertiary/aromatic N) is 1. The van der Waals surface area contributed by atoms with Crippen LogP contribution in [0.2, 0.25) is 0 Å². The minimum absolute atomic E-state index is 0.154. The Labute approximate surface area is 101 Å². The van der Waals surface area contributed by atoms with Gasteiger partial charge in [-0.15, -0.1) is 0 Å². The van der Waals surface area contributed by atoms with Crippen molar-refractivity contribution in [3.63, 3.8) is 0 Å². The lowest BCUT2D eigenvalue weighted by atomic mass is 9.60. The molecule has 0 saturated carbocycles. The number of fused-ring (bicyclic) bond motifs is 3. The van der Waals surface area contributed by atoms with Crippen LogP contribution < -0.4 is 0 Å². The van der Waals surface area contributed by atoms with Gasteiger partial charge in [-0.2, -0.15) is 11.8 Å². The summed E-state index contributed by atoms with van der Waals surface area (Å²) in [6.45, 7) is 3.23. The molecule has 4 saturated heterocycles. The van der Waals surface area contributed by atoms with Crippen molar-refractivity contribution in [3.05, 3.63) is 0 Å². The van der Waals surface area contributed by atoms with E-state index in [1.54, 1.807) is 0 Å². The SMILES string of the molecule is OCC1(C2(O)CN3CCC2CC3)CCSC1. The Balaban J connectivity index is 1.91. The Bertz CT molecular complexity index is 272. The third-order valence-electron chi connectivity index (χ3n) is 5.05. The second-order valence-electron chi connectivity index (χ2n) is 5.72. The van der Waals surface area contributed by atoms with Gasteiger partial charge in [0, 0.05) is 17.7 Å². The molecule has 4 aliphatic heterocycles. The largest absolute Gasteiger partial charge is 0.396 e. The lowest BCUT2D eigenvalue weighted by molar-refractivity contribution is -0.190. The predicted molar refractivity (Wildman–Crippen MR) is 65.6 cm³/mol. The monoisotopic (exact) mass is 243 g/mol. The van der Waals surface area contributed by atoms with Crippen LogP contribution in [-0.4, -0.2) is 58.5 Å². The molecule has 2 bridgehead atoms. The minimum Gasteiger partial charge on any atom is -0.396 e. The highest BCUT2D eigenvalue weighted by Crippen LogP contribution is 2.52. The van der Waals surface area contributed by atoms with E-state index in [2.05, 4.69) is 4.90 Å². The minimum atomic E-state index is -0.623. The van der Waals surface area contributed by atoms with Crippen LogP contribution in [0.3, 0.4) is 0 Å². The van der Waals surface area contributed by atoms with Crippen LogP contribution in [0.5, 0.6) is 0 Å². The van der Waals surface area contributed by atoms with Crippen LogP contribution in [0.4, 0.5) is 0 Å². The van der Waals surface area contributed by atoms with Gasteiger partial charge in [0.05, 0.1) is 12.2 Å². The molecular formula is C12H21NO2S. The molecule has 0 aromatic heterocycles. The van der Waals surface area contributed by atoms with E-state index >= 15 is 0 Å². The number of hydrogen-bond acceptors (Lipinski definition) is 4. The fourth-order valence-corrected chi connectivity index (χ4v) is 5.41. The van der Waals surface area contributed by atoms with Crippen molar-refractivity contribution in [2.75, 3.05) is 37.7 Å². The summed E-state index contributed by atoms with van der Waals surface area (Å²) in [5, 5.41) is 20.9. The molecule has 0 radical (unpaired) electrons. The first kappa shape index (κ1) is 11.3. The molecule has 4 heterocycles. The third kappa shape index (κ3) is 1.40. The number of rotatable bonds is 2. The average molecular weight is 243 g/mol. The molecule has 0 aromatic rings. The van der Waals surface area contributed by atoms with Crippen LogP contribution in [-0.2, 0) is 0 Å². The van der Waals surface area contributed by atoms with Crippen LogP contribution in [0.15, 0.2) is 0 Å². The van der Waals surface area contributed by atoms with E-state index in [4.69, 9.17) is 0 Å². The highest BCUT2D eigenvalue weighted by Gasteiger charge is 2.59. The van der Waals surface area contributed by atoms with Gasteiger partial charge in [-0.1, -0.05) is 0 Å². The van der Waals surface area contributed by atoms with Gasteiger partial charge in [-0.25, -0.2) is 0 Å². The van der Waals surface area contributed by atoms with E-state index in [1.807, 2.05) is 11.8 Å². The molecule has 2 unspecified atom stereocenters. The molecule has 4 fully saturated rings. The zero-order valence-electron chi connectivity index (χ0n) is 9.69. The topological polar surface area (TPSA) is 43.7 Å². The summed E-state index contributed by atoms with van der Waals surface area (Å²) in [6, 6.07) is 0. The van der Waals surface area contributed by atoms with E-state index in [1.165, 1.54) is 0 Å². The molecule has 0 spiro atoms. The summed E-state index contributed by atoms with van der Waals surface area (Å²) < 4.78 is 0. The standard InChI is InChI=1S/C12H21NO2S/c14-8-11(3-6-16-9-11)12(15)7-13-4-1-10(12)2-5-13/h10,14-15H,1-9H2. The van der Waals surface area contributed by atoms with Crippen molar-refractivity contribution in [1.82, 2.24) is 4.90 Å². The maximum Gasteiger partial charge on any atom is 0.0888 e. The summed E-state index contributed by atoms with van der Waals surface area (Å²) in [7, 11) is 0. The number of hydrogen-bond donors (Lipinski definition) is 2. The zero-order valence-corrected chi connectivity index (χ0v) is 10.5. The molecular weight excluding hydrogens is 222 g/mol. The van der Waals surface area contributed by atoms with E-state index < -0.39 is 5.60 Å². The van der Waals surface area contributed by atoms with Crippen molar-refractivity contribution in [2.24, 2.45) is 11.3 Å². The molecule has 16 heavy (non-hydrogen) atoms. The molecule has 2 N–H and O–H groups in total. The first-order valence-corrected chi connectivity index (χ1v) is 7.49. The molecule has 0 aromatic carbocycles. The van der Waals surface area contributed by atoms with Crippen molar-refractivity contribution in [3.8, 4) is 0 Å². The maximum atomic E-state index is 11.1. The first-order valence-electron chi connectivity index (χ1n) is 6.34. The second-order valence-corrected chi connectivity index (χ2v) is 6.82. The summed E-state index contributed by atoms with van der Waals surface area (Å²) in [6.07, 6.45) is 3.21. The first-order chi connectivity index (χ1) is 7.70. The van der Waals surface area contributed by atoms with Gasteiger partial charge in [-0.05, 0) is 44.0 Å². The van der Waals surface area contributed by atoms with Crippen LogP contribution >= 0.6 is 11.8 Å². The third-order valence-corrected chi connectivity index (χ3v) is 6.30. The number of piperidine rings is 3. The molecule has 2 atom stereocenters. The smallest absolute Gasteiger partial charge is 0.0888 e.